The summed E-state index contributed by atoms with van der Waals surface area (Å²) in [5, 5.41) is 6.02. The van der Waals surface area contributed by atoms with E-state index in [0.29, 0.717) is 36.9 Å². The van der Waals surface area contributed by atoms with E-state index in [0.717, 1.165) is 12.3 Å². The Morgan fingerprint density at radius 3 is 2.62 bits per heavy atom. The molecule has 3 rings (SSSR count). The molecule has 2 N–H and O–H groups in total. The minimum absolute atomic E-state index is 0. The third-order valence-electron chi connectivity index (χ3n) is 3.73. The van der Waals surface area contributed by atoms with Crippen molar-refractivity contribution in [1.29, 1.82) is 0 Å². The van der Waals surface area contributed by atoms with E-state index in [9.17, 15) is 4.79 Å². The van der Waals surface area contributed by atoms with Crippen LogP contribution in [0.15, 0.2) is 48.5 Å². The van der Waals surface area contributed by atoms with Gasteiger partial charge in [0.25, 0.3) is 5.91 Å². The van der Waals surface area contributed by atoms with Crippen molar-refractivity contribution in [2.24, 2.45) is 0 Å². The summed E-state index contributed by atoms with van der Waals surface area (Å²) in [5.74, 6) is 1.85. The molecule has 1 saturated heterocycles. The maximum absolute atomic E-state index is 12.3. The molecule has 0 saturated carbocycles. The van der Waals surface area contributed by atoms with Crippen molar-refractivity contribution in [3.63, 3.8) is 0 Å². The van der Waals surface area contributed by atoms with Crippen LogP contribution in [0, 0.1) is 0 Å². The number of hydrogen-bond donors (Lipinski definition) is 2. The van der Waals surface area contributed by atoms with Crippen LogP contribution >= 0.6 is 12.4 Å². The number of nitrogens with one attached hydrogen (secondary N) is 2. The summed E-state index contributed by atoms with van der Waals surface area (Å²) in [4.78, 5) is 12.3. The lowest BCUT2D eigenvalue weighted by Gasteiger charge is -2.23. The average Bonchev–Trinajstić information content (AvgIpc) is 2.66. The van der Waals surface area contributed by atoms with Crippen molar-refractivity contribution in [3.05, 3.63) is 48.5 Å². The van der Waals surface area contributed by atoms with E-state index in [4.69, 9.17) is 14.2 Å². The molecule has 0 radical (unpaired) electrons. The number of halogens is 1. The second-order valence-corrected chi connectivity index (χ2v) is 5.56. The van der Waals surface area contributed by atoms with Gasteiger partial charge in [-0.25, -0.2) is 0 Å². The normalized spacial score (nSPS) is 16.3. The Bertz CT molecular complexity index is 703. The first kappa shape index (κ1) is 20.0. The smallest absolute Gasteiger partial charge is 0.254 e. The van der Waals surface area contributed by atoms with Crippen LogP contribution in [-0.4, -0.2) is 38.3 Å². The Hall–Kier alpha value is -2.28. The number of hydrogen-bond acceptors (Lipinski definition) is 5. The zero-order valence-corrected chi connectivity index (χ0v) is 15.4. The van der Waals surface area contributed by atoms with Crippen LogP contribution in [0.3, 0.4) is 0 Å². The highest BCUT2D eigenvalue weighted by molar-refractivity contribution is 5.95. The standard InChI is InChI=1S/C19H22N2O4.ClH/c1-2-23-14-7-9-15(10-8-14)25-17-6-4-3-5-16(17)21-19(22)18-13-20-11-12-24-18;/h3-10,18,20H,2,11-13H2,1H3,(H,21,22);1H. The number of para-hydroxylation sites is 2. The topological polar surface area (TPSA) is 68.8 Å². The van der Waals surface area contributed by atoms with Crippen molar-refractivity contribution >= 4 is 24.0 Å². The summed E-state index contributed by atoms with van der Waals surface area (Å²) in [6.45, 7) is 4.36. The van der Waals surface area contributed by atoms with Crippen LogP contribution in [-0.2, 0) is 9.53 Å². The van der Waals surface area contributed by atoms with Gasteiger partial charge in [-0.05, 0) is 43.3 Å². The molecule has 0 aliphatic carbocycles. The number of benzene rings is 2. The molecule has 7 heteroatoms. The van der Waals surface area contributed by atoms with Crippen molar-refractivity contribution < 1.29 is 19.0 Å². The summed E-state index contributed by atoms with van der Waals surface area (Å²) in [6.07, 6.45) is -0.493. The van der Waals surface area contributed by atoms with Gasteiger partial charge in [0, 0.05) is 13.1 Å². The lowest BCUT2D eigenvalue weighted by molar-refractivity contribution is -0.128. The Labute approximate surface area is 159 Å². The number of ether oxygens (including phenoxy) is 3. The van der Waals surface area contributed by atoms with Crippen LogP contribution in [0.2, 0.25) is 0 Å². The molecule has 26 heavy (non-hydrogen) atoms. The summed E-state index contributed by atoms with van der Waals surface area (Å²) >= 11 is 0. The van der Waals surface area contributed by atoms with Crippen LogP contribution in [0.5, 0.6) is 17.2 Å². The largest absolute Gasteiger partial charge is 0.494 e. The molecule has 6 nitrogen and oxygen atoms in total. The van der Waals surface area contributed by atoms with E-state index in [-0.39, 0.29) is 18.3 Å². The van der Waals surface area contributed by atoms with E-state index < -0.39 is 6.10 Å². The molecular formula is C19H23ClN2O4. The van der Waals surface area contributed by atoms with Crippen LogP contribution in [0.25, 0.3) is 0 Å². The fraction of sp³-hybridized carbons (Fsp3) is 0.316. The molecule has 1 atom stereocenters. The molecular weight excluding hydrogens is 356 g/mol. The van der Waals surface area contributed by atoms with Gasteiger partial charge < -0.3 is 24.8 Å². The van der Waals surface area contributed by atoms with Crippen LogP contribution < -0.4 is 20.1 Å². The highest BCUT2D eigenvalue weighted by Crippen LogP contribution is 2.30. The first-order chi connectivity index (χ1) is 12.3. The van der Waals surface area contributed by atoms with Crippen molar-refractivity contribution in [1.82, 2.24) is 5.32 Å². The van der Waals surface area contributed by atoms with Gasteiger partial charge in [-0.3, -0.25) is 4.79 Å². The highest BCUT2D eigenvalue weighted by Gasteiger charge is 2.22. The Kier molecular flexibility index (Phi) is 7.72. The first-order valence-electron chi connectivity index (χ1n) is 8.39. The molecule has 0 bridgehead atoms. The fourth-order valence-corrected chi connectivity index (χ4v) is 2.50. The van der Waals surface area contributed by atoms with Gasteiger partial charge in [-0.2, -0.15) is 0 Å². The molecule has 1 fully saturated rings. The SMILES string of the molecule is CCOc1ccc(Oc2ccccc2NC(=O)C2CNCCO2)cc1.Cl. The lowest BCUT2D eigenvalue weighted by Crippen LogP contribution is -2.45. The summed E-state index contributed by atoms with van der Waals surface area (Å²) in [6, 6.07) is 14.7. The molecule has 0 aromatic heterocycles. The van der Waals surface area contributed by atoms with E-state index in [1.54, 1.807) is 6.07 Å². The Morgan fingerprint density at radius 1 is 1.19 bits per heavy atom. The summed E-state index contributed by atoms with van der Waals surface area (Å²) in [5.41, 5.74) is 0.607. The van der Waals surface area contributed by atoms with Crippen molar-refractivity contribution in [2.75, 3.05) is 31.6 Å². The van der Waals surface area contributed by atoms with Gasteiger partial charge in [-0.1, -0.05) is 12.1 Å². The predicted octanol–water partition coefficient (Wildman–Crippen LogP) is 3.23. The number of anilines is 1. The predicted molar refractivity (Wildman–Crippen MR) is 103 cm³/mol. The van der Waals surface area contributed by atoms with E-state index in [1.165, 1.54) is 0 Å². The minimum Gasteiger partial charge on any atom is -0.494 e. The molecule has 1 unspecified atom stereocenters. The Balaban J connectivity index is 0.00000243. The zero-order valence-electron chi connectivity index (χ0n) is 14.6. The Morgan fingerprint density at radius 2 is 1.92 bits per heavy atom. The molecule has 140 valence electrons. The first-order valence-corrected chi connectivity index (χ1v) is 8.39. The monoisotopic (exact) mass is 378 g/mol. The van der Waals surface area contributed by atoms with Gasteiger partial charge in [0.2, 0.25) is 0 Å². The van der Waals surface area contributed by atoms with Crippen molar-refractivity contribution in [3.8, 4) is 17.2 Å². The van der Waals surface area contributed by atoms with Gasteiger partial charge in [0.1, 0.15) is 17.6 Å². The number of morpholine rings is 1. The van der Waals surface area contributed by atoms with Crippen molar-refractivity contribution in [2.45, 2.75) is 13.0 Å². The summed E-state index contributed by atoms with van der Waals surface area (Å²) < 4.78 is 16.8. The molecule has 1 aliphatic heterocycles. The minimum atomic E-state index is -0.493. The summed E-state index contributed by atoms with van der Waals surface area (Å²) in [7, 11) is 0. The second kappa shape index (κ2) is 10.0. The molecule has 2 aromatic rings. The quantitative estimate of drug-likeness (QED) is 0.807. The number of carbonyl (C=O) groups is 1. The van der Waals surface area contributed by atoms with E-state index >= 15 is 0 Å². The zero-order chi connectivity index (χ0) is 17.5. The highest BCUT2D eigenvalue weighted by atomic mass is 35.5. The number of carbonyl (C=O) groups excluding carboxylic acids is 1. The number of amides is 1. The molecule has 2 aromatic carbocycles. The van der Waals surface area contributed by atoms with Gasteiger partial charge in [0.15, 0.2) is 5.75 Å². The third kappa shape index (κ3) is 5.36. The van der Waals surface area contributed by atoms with Gasteiger partial charge in [0.05, 0.1) is 18.9 Å². The lowest BCUT2D eigenvalue weighted by atomic mass is 10.2. The third-order valence-corrected chi connectivity index (χ3v) is 3.73. The van der Waals surface area contributed by atoms with Crippen LogP contribution in [0.4, 0.5) is 5.69 Å². The number of rotatable bonds is 6. The maximum atomic E-state index is 12.3. The van der Waals surface area contributed by atoms with Crippen LogP contribution in [0.1, 0.15) is 6.92 Å². The maximum Gasteiger partial charge on any atom is 0.254 e. The van der Waals surface area contributed by atoms with Gasteiger partial charge >= 0.3 is 0 Å². The molecule has 1 heterocycles. The molecule has 0 spiro atoms. The van der Waals surface area contributed by atoms with E-state index in [2.05, 4.69) is 10.6 Å². The van der Waals surface area contributed by atoms with E-state index in [1.807, 2.05) is 49.4 Å². The average molecular weight is 379 g/mol. The van der Waals surface area contributed by atoms with Gasteiger partial charge in [-0.15, -0.1) is 12.4 Å². The fourth-order valence-electron chi connectivity index (χ4n) is 2.50. The molecule has 1 amide bonds. The second-order valence-electron chi connectivity index (χ2n) is 5.56. The molecule has 1 aliphatic rings.